The summed E-state index contributed by atoms with van der Waals surface area (Å²) in [7, 11) is 0. The van der Waals surface area contributed by atoms with Crippen LogP contribution in [-0.4, -0.2) is 18.5 Å². The molecule has 3 N–H and O–H groups in total. The number of carbonyl (C=O) groups excluding carboxylic acids is 2. The molecule has 0 aliphatic rings. The molecule has 0 atom stereocenters. The van der Waals surface area contributed by atoms with Gasteiger partial charge in [0.1, 0.15) is 0 Å². The Labute approximate surface area is 76.9 Å². The Morgan fingerprint density at radius 1 is 1.54 bits per heavy atom. The molecule has 5 heteroatoms. The first-order valence-corrected chi connectivity index (χ1v) is 3.90. The minimum absolute atomic E-state index is 0.207. The molecule has 0 aromatic rings. The molecule has 74 valence electrons. The van der Waals surface area contributed by atoms with Crippen molar-refractivity contribution >= 4 is 11.9 Å². The van der Waals surface area contributed by atoms with E-state index in [-0.39, 0.29) is 18.9 Å². The van der Waals surface area contributed by atoms with E-state index in [0.717, 1.165) is 0 Å². The summed E-state index contributed by atoms with van der Waals surface area (Å²) in [6.07, 6.45) is 0.710. The lowest BCUT2D eigenvalue weighted by molar-refractivity contribution is -0.139. The van der Waals surface area contributed by atoms with E-state index >= 15 is 0 Å². The second-order valence-electron chi connectivity index (χ2n) is 2.59. The van der Waals surface area contributed by atoms with E-state index in [2.05, 4.69) is 6.58 Å². The number of nitrogens with one attached hydrogen (secondary N) is 1. The molecule has 1 amide bonds. The Kier molecular flexibility index (Phi) is 5.54. The largest absolute Gasteiger partial charge is 0.462 e. The number of hydrazine groups is 1. The van der Waals surface area contributed by atoms with E-state index in [1.54, 1.807) is 6.92 Å². The van der Waals surface area contributed by atoms with E-state index in [1.165, 1.54) is 0 Å². The van der Waals surface area contributed by atoms with Gasteiger partial charge in [0.2, 0.25) is 5.91 Å². The highest BCUT2D eigenvalue weighted by Gasteiger charge is 2.03. The number of rotatable bonds is 5. The van der Waals surface area contributed by atoms with Gasteiger partial charge in [-0.15, -0.1) is 0 Å². The molecule has 0 spiro atoms. The molecular formula is C8H14N2O3. The smallest absolute Gasteiger partial charge is 0.333 e. The molecule has 0 radical (unpaired) electrons. The average molecular weight is 186 g/mol. The first-order chi connectivity index (χ1) is 6.07. The molecule has 0 aromatic carbocycles. The van der Waals surface area contributed by atoms with Crippen LogP contribution in [0, 0.1) is 0 Å². The number of nitrogens with two attached hydrogens (primary N) is 1. The summed E-state index contributed by atoms with van der Waals surface area (Å²) in [5, 5.41) is 0. The third-order valence-corrected chi connectivity index (χ3v) is 1.29. The van der Waals surface area contributed by atoms with Crippen LogP contribution in [0.4, 0.5) is 0 Å². The quantitative estimate of drug-likeness (QED) is 0.156. The molecule has 0 fully saturated rings. The maximum atomic E-state index is 10.8. The maximum absolute atomic E-state index is 10.8. The highest BCUT2D eigenvalue weighted by Crippen LogP contribution is 1.95. The van der Waals surface area contributed by atoms with E-state index in [0.29, 0.717) is 12.0 Å². The molecule has 0 heterocycles. The van der Waals surface area contributed by atoms with Crippen LogP contribution in [0.2, 0.25) is 0 Å². The van der Waals surface area contributed by atoms with Gasteiger partial charge in [-0.3, -0.25) is 10.2 Å². The molecule has 0 bridgehead atoms. The van der Waals surface area contributed by atoms with Crippen LogP contribution in [0.15, 0.2) is 12.2 Å². The minimum atomic E-state index is -0.437. The predicted octanol–water partition coefficient (Wildman–Crippen LogP) is -0.124. The Bertz CT molecular complexity index is 213. The fourth-order valence-corrected chi connectivity index (χ4v) is 0.593. The zero-order chi connectivity index (χ0) is 10.3. The van der Waals surface area contributed by atoms with Crippen LogP contribution in [0.3, 0.4) is 0 Å². The number of hydrogen-bond donors (Lipinski definition) is 2. The standard InChI is InChI=1S/C8H14N2O3/c1-6(2)8(12)13-5-3-4-7(11)10-9/h1,3-5,9H2,2H3,(H,10,11). The van der Waals surface area contributed by atoms with Crippen molar-refractivity contribution < 1.29 is 14.3 Å². The van der Waals surface area contributed by atoms with Crippen LogP contribution in [-0.2, 0) is 14.3 Å². The van der Waals surface area contributed by atoms with Crippen LogP contribution in [0.5, 0.6) is 0 Å². The van der Waals surface area contributed by atoms with Gasteiger partial charge in [-0.05, 0) is 13.3 Å². The fraction of sp³-hybridized carbons (Fsp3) is 0.500. The van der Waals surface area contributed by atoms with Gasteiger partial charge < -0.3 is 4.74 Å². The third-order valence-electron chi connectivity index (χ3n) is 1.29. The number of ether oxygens (including phenoxy) is 1. The van der Waals surface area contributed by atoms with E-state index in [1.807, 2.05) is 5.43 Å². The molecule has 0 unspecified atom stereocenters. The summed E-state index contributed by atoms with van der Waals surface area (Å²) >= 11 is 0. The molecular weight excluding hydrogens is 172 g/mol. The van der Waals surface area contributed by atoms with Crippen molar-refractivity contribution in [3.8, 4) is 0 Å². The summed E-state index contributed by atoms with van der Waals surface area (Å²) < 4.78 is 4.74. The van der Waals surface area contributed by atoms with Crippen LogP contribution >= 0.6 is 0 Å². The average Bonchev–Trinajstić information content (AvgIpc) is 2.11. The van der Waals surface area contributed by atoms with Crippen LogP contribution in [0.25, 0.3) is 0 Å². The van der Waals surface area contributed by atoms with Crippen molar-refractivity contribution in [1.82, 2.24) is 5.43 Å². The molecule has 0 saturated heterocycles. The van der Waals surface area contributed by atoms with Gasteiger partial charge in [0.25, 0.3) is 0 Å². The molecule has 0 aliphatic heterocycles. The first kappa shape index (κ1) is 11.6. The lowest BCUT2D eigenvalue weighted by Crippen LogP contribution is -2.29. The van der Waals surface area contributed by atoms with Gasteiger partial charge in [-0.1, -0.05) is 6.58 Å². The van der Waals surface area contributed by atoms with E-state index < -0.39 is 5.97 Å². The zero-order valence-electron chi connectivity index (χ0n) is 7.63. The van der Waals surface area contributed by atoms with E-state index in [9.17, 15) is 9.59 Å². The maximum Gasteiger partial charge on any atom is 0.333 e. The monoisotopic (exact) mass is 186 g/mol. The summed E-state index contributed by atoms with van der Waals surface area (Å²) in [4.78, 5) is 21.4. The lowest BCUT2D eigenvalue weighted by atomic mass is 10.3. The number of amides is 1. The van der Waals surface area contributed by atoms with Gasteiger partial charge in [0.15, 0.2) is 0 Å². The van der Waals surface area contributed by atoms with Gasteiger partial charge in [0.05, 0.1) is 6.61 Å². The van der Waals surface area contributed by atoms with Crippen LogP contribution < -0.4 is 11.3 Å². The van der Waals surface area contributed by atoms with Gasteiger partial charge >= 0.3 is 5.97 Å². The summed E-state index contributed by atoms with van der Waals surface area (Å²) in [5.74, 6) is 4.13. The predicted molar refractivity (Wildman–Crippen MR) is 47.3 cm³/mol. The highest BCUT2D eigenvalue weighted by atomic mass is 16.5. The second kappa shape index (κ2) is 6.19. The normalized spacial score (nSPS) is 9.08. The fourth-order valence-electron chi connectivity index (χ4n) is 0.593. The Morgan fingerprint density at radius 3 is 2.62 bits per heavy atom. The van der Waals surface area contributed by atoms with Crippen LogP contribution in [0.1, 0.15) is 19.8 Å². The molecule has 0 aliphatic carbocycles. The highest BCUT2D eigenvalue weighted by molar-refractivity contribution is 5.86. The third kappa shape index (κ3) is 5.86. The van der Waals surface area contributed by atoms with Gasteiger partial charge in [-0.25, -0.2) is 10.6 Å². The van der Waals surface area contributed by atoms with Gasteiger partial charge in [0, 0.05) is 12.0 Å². The molecule has 0 aromatic heterocycles. The van der Waals surface area contributed by atoms with E-state index in [4.69, 9.17) is 10.6 Å². The van der Waals surface area contributed by atoms with Crippen molar-refractivity contribution in [2.75, 3.05) is 6.61 Å². The van der Waals surface area contributed by atoms with Crippen molar-refractivity contribution in [2.24, 2.45) is 5.84 Å². The minimum Gasteiger partial charge on any atom is -0.462 e. The molecule has 0 rings (SSSR count). The Morgan fingerprint density at radius 2 is 2.15 bits per heavy atom. The van der Waals surface area contributed by atoms with Crippen molar-refractivity contribution in [2.45, 2.75) is 19.8 Å². The van der Waals surface area contributed by atoms with Crippen molar-refractivity contribution in [1.29, 1.82) is 0 Å². The summed E-state index contributed by atoms with van der Waals surface area (Å²) in [6, 6.07) is 0. The summed E-state index contributed by atoms with van der Waals surface area (Å²) in [6.45, 7) is 5.18. The zero-order valence-corrected chi connectivity index (χ0v) is 7.63. The molecule has 5 nitrogen and oxygen atoms in total. The molecule has 0 saturated carbocycles. The van der Waals surface area contributed by atoms with Crippen molar-refractivity contribution in [3.63, 3.8) is 0 Å². The first-order valence-electron chi connectivity index (χ1n) is 3.90. The Hall–Kier alpha value is -1.36. The topological polar surface area (TPSA) is 81.4 Å². The second-order valence-corrected chi connectivity index (χ2v) is 2.59. The molecule has 13 heavy (non-hydrogen) atoms. The Balaban J connectivity index is 3.41. The summed E-state index contributed by atoms with van der Waals surface area (Å²) in [5.41, 5.74) is 2.33. The van der Waals surface area contributed by atoms with Gasteiger partial charge in [-0.2, -0.15) is 0 Å². The SMILES string of the molecule is C=C(C)C(=O)OCCCC(=O)NN. The lowest BCUT2D eigenvalue weighted by Gasteiger charge is -2.03. The van der Waals surface area contributed by atoms with Crippen molar-refractivity contribution in [3.05, 3.63) is 12.2 Å². The number of hydrogen-bond acceptors (Lipinski definition) is 4. The number of carbonyl (C=O) groups is 2. The number of esters is 1.